The molecule has 0 spiro atoms. The van der Waals surface area contributed by atoms with Crippen LogP contribution in [0.15, 0.2) is 54.0 Å². The normalized spacial score (nSPS) is 15.9. The van der Waals surface area contributed by atoms with Gasteiger partial charge in [0.15, 0.2) is 5.13 Å². The van der Waals surface area contributed by atoms with Crippen LogP contribution >= 0.6 is 22.9 Å². The lowest BCUT2D eigenvalue weighted by Crippen LogP contribution is -2.34. The highest BCUT2D eigenvalue weighted by molar-refractivity contribution is 7.14. The lowest BCUT2D eigenvalue weighted by molar-refractivity contribution is -0.130. The van der Waals surface area contributed by atoms with Crippen molar-refractivity contribution in [2.75, 3.05) is 5.32 Å². The molecule has 2 N–H and O–H groups in total. The number of pyridine rings is 1. The van der Waals surface area contributed by atoms with Gasteiger partial charge in [-0.1, -0.05) is 35.9 Å². The summed E-state index contributed by atoms with van der Waals surface area (Å²) in [4.78, 5) is 46.8. The van der Waals surface area contributed by atoms with E-state index in [9.17, 15) is 14.4 Å². The van der Waals surface area contributed by atoms with Gasteiger partial charge in [0.1, 0.15) is 11.7 Å². The van der Waals surface area contributed by atoms with E-state index in [1.54, 1.807) is 41.9 Å². The first-order chi connectivity index (χ1) is 14.5. The van der Waals surface area contributed by atoms with Gasteiger partial charge in [-0.05, 0) is 23.8 Å². The number of imide groups is 1. The molecule has 2 aromatic heterocycles. The van der Waals surface area contributed by atoms with Crippen LogP contribution in [-0.2, 0) is 16.1 Å². The van der Waals surface area contributed by atoms with Gasteiger partial charge >= 0.3 is 6.03 Å². The van der Waals surface area contributed by atoms with E-state index in [1.165, 1.54) is 11.3 Å². The minimum atomic E-state index is -0.935. The van der Waals surface area contributed by atoms with Crippen LogP contribution in [0.25, 0.3) is 11.4 Å². The Balaban J connectivity index is 1.37. The van der Waals surface area contributed by atoms with Crippen LogP contribution in [0.5, 0.6) is 0 Å². The quantitative estimate of drug-likeness (QED) is 0.571. The van der Waals surface area contributed by atoms with E-state index >= 15 is 0 Å². The molecular formula is C20H16ClN5O3S. The van der Waals surface area contributed by atoms with Crippen molar-refractivity contribution in [1.82, 2.24) is 20.2 Å². The summed E-state index contributed by atoms with van der Waals surface area (Å²) in [5, 5.41) is 7.86. The molecule has 0 aliphatic carbocycles. The summed E-state index contributed by atoms with van der Waals surface area (Å²) in [6.07, 6.45) is 1.47. The second kappa shape index (κ2) is 8.60. The second-order valence-electron chi connectivity index (χ2n) is 6.52. The number of carbonyl (C=O) groups excluding carboxylic acids is 3. The van der Waals surface area contributed by atoms with Crippen LogP contribution in [0.2, 0.25) is 5.02 Å². The maximum atomic E-state index is 12.6. The SMILES string of the molecule is O=C(C[C@H]1NC(=O)N(Cc2ccccc2Cl)C1=O)Nc1nc(-c2ccccn2)cs1. The number of urea groups is 1. The number of benzene rings is 1. The van der Waals surface area contributed by atoms with Gasteiger partial charge in [-0.2, -0.15) is 0 Å². The van der Waals surface area contributed by atoms with Crippen molar-refractivity contribution in [3.63, 3.8) is 0 Å². The fourth-order valence-corrected chi connectivity index (χ4v) is 3.90. The smallest absolute Gasteiger partial charge is 0.325 e. The Bertz CT molecular complexity index is 1100. The first-order valence-electron chi connectivity index (χ1n) is 9.03. The Hall–Kier alpha value is -3.30. The number of anilines is 1. The lowest BCUT2D eigenvalue weighted by Gasteiger charge is -2.14. The first kappa shape index (κ1) is 20.0. The molecule has 10 heteroatoms. The number of thiazole rings is 1. The molecule has 3 heterocycles. The minimum Gasteiger partial charge on any atom is -0.325 e. The van der Waals surface area contributed by atoms with E-state index in [0.29, 0.717) is 27.1 Å². The number of hydrogen-bond acceptors (Lipinski definition) is 6. The molecule has 4 amide bonds. The third-order valence-corrected chi connectivity index (χ3v) is 5.59. The maximum Gasteiger partial charge on any atom is 0.325 e. The molecule has 1 fully saturated rings. The number of halogens is 1. The third-order valence-electron chi connectivity index (χ3n) is 4.46. The Labute approximate surface area is 180 Å². The maximum absolute atomic E-state index is 12.6. The predicted octanol–water partition coefficient (Wildman–Crippen LogP) is 3.31. The van der Waals surface area contributed by atoms with E-state index in [2.05, 4.69) is 20.6 Å². The van der Waals surface area contributed by atoms with E-state index in [-0.39, 0.29) is 13.0 Å². The molecule has 152 valence electrons. The van der Waals surface area contributed by atoms with Crippen LogP contribution < -0.4 is 10.6 Å². The molecule has 1 atom stereocenters. The molecule has 1 aliphatic rings. The van der Waals surface area contributed by atoms with Gasteiger partial charge in [0, 0.05) is 16.6 Å². The van der Waals surface area contributed by atoms with E-state index < -0.39 is 23.9 Å². The predicted molar refractivity (Wildman–Crippen MR) is 113 cm³/mol. The number of hydrogen-bond donors (Lipinski definition) is 2. The zero-order valence-electron chi connectivity index (χ0n) is 15.5. The lowest BCUT2D eigenvalue weighted by atomic mass is 10.1. The van der Waals surface area contributed by atoms with Crippen molar-refractivity contribution < 1.29 is 14.4 Å². The summed E-state index contributed by atoms with van der Waals surface area (Å²) < 4.78 is 0. The van der Waals surface area contributed by atoms with Gasteiger partial charge < -0.3 is 10.6 Å². The summed E-state index contributed by atoms with van der Waals surface area (Å²) in [6.45, 7) is 0.0440. The Morgan fingerprint density at radius 3 is 2.73 bits per heavy atom. The summed E-state index contributed by atoms with van der Waals surface area (Å²) in [5.74, 6) is -0.890. The van der Waals surface area contributed by atoms with Crippen molar-refractivity contribution in [2.45, 2.75) is 19.0 Å². The molecule has 3 aromatic rings. The van der Waals surface area contributed by atoms with Gasteiger partial charge in [-0.15, -0.1) is 11.3 Å². The van der Waals surface area contributed by atoms with Crippen LogP contribution in [0.4, 0.5) is 9.93 Å². The van der Waals surface area contributed by atoms with E-state index in [0.717, 1.165) is 4.90 Å². The van der Waals surface area contributed by atoms with Gasteiger partial charge in [0.25, 0.3) is 5.91 Å². The number of nitrogens with one attached hydrogen (secondary N) is 2. The molecule has 8 nitrogen and oxygen atoms in total. The Morgan fingerprint density at radius 2 is 1.97 bits per heavy atom. The number of aromatic nitrogens is 2. The fraction of sp³-hybridized carbons (Fsp3) is 0.150. The van der Waals surface area contributed by atoms with E-state index in [4.69, 9.17) is 11.6 Å². The van der Waals surface area contributed by atoms with Gasteiger partial charge in [-0.25, -0.2) is 9.78 Å². The monoisotopic (exact) mass is 441 g/mol. The standard InChI is InChI=1S/C20H16ClN5O3S/c21-13-6-2-1-5-12(13)10-26-18(28)15(24-20(26)29)9-17(27)25-19-23-16(11-30-19)14-7-3-4-8-22-14/h1-8,11,15H,9-10H2,(H,24,29)(H,23,25,27)/t15-/m1/s1. The Kier molecular flexibility index (Phi) is 5.73. The molecule has 1 saturated heterocycles. The average molecular weight is 442 g/mol. The minimum absolute atomic E-state index is 0.0440. The summed E-state index contributed by atoms with van der Waals surface area (Å²) >= 11 is 7.37. The van der Waals surface area contributed by atoms with Crippen molar-refractivity contribution >= 4 is 45.9 Å². The zero-order valence-corrected chi connectivity index (χ0v) is 17.1. The van der Waals surface area contributed by atoms with Crippen LogP contribution in [-0.4, -0.2) is 38.8 Å². The van der Waals surface area contributed by atoms with Gasteiger partial charge in [-0.3, -0.25) is 19.5 Å². The molecule has 4 rings (SSSR count). The summed E-state index contributed by atoms with van der Waals surface area (Å²) in [7, 11) is 0. The molecular weight excluding hydrogens is 426 g/mol. The highest BCUT2D eigenvalue weighted by atomic mass is 35.5. The highest BCUT2D eigenvalue weighted by Crippen LogP contribution is 2.24. The number of amides is 4. The molecule has 0 bridgehead atoms. The van der Waals surface area contributed by atoms with Crippen LogP contribution in [0, 0.1) is 0 Å². The molecule has 0 saturated carbocycles. The molecule has 0 unspecified atom stereocenters. The highest BCUT2D eigenvalue weighted by Gasteiger charge is 2.39. The van der Waals surface area contributed by atoms with Gasteiger partial charge in [0.2, 0.25) is 5.91 Å². The van der Waals surface area contributed by atoms with Crippen molar-refractivity contribution in [1.29, 1.82) is 0 Å². The van der Waals surface area contributed by atoms with Crippen molar-refractivity contribution in [3.05, 3.63) is 64.6 Å². The number of nitrogens with zero attached hydrogens (tertiary/aromatic N) is 3. The Morgan fingerprint density at radius 1 is 1.17 bits per heavy atom. The van der Waals surface area contributed by atoms with Crippen LogP contribution in [0.1, 0.15) is 12.0 Å². The first-order valence-corrected chi connectivity index (χ1v) is 10.3. The third kappa shape index (κ3) is 4.32. The molecule has 30 heavy (non-hydrogen) atoms. The zero-order chi connectivity index (χ0) is 21.1. The number of carbonyl (C=O) groups is 3. The number of rotatable bonds is 6. The molecule has 0 radical (unpaired) electrons. The topological polar surface area (TPSA) is 104 Å². The van der Waals surface area contributed by atoms with Crippen molar-refractivity contribution in [3.8, 4) is 11.4 Å². The van der Waals surface area contributed by atoms with Crippen LogP contribution in [0.3, 0.4) is 0 Å². The molecule has 1 aromatic carbocycles. The molecule has 1 aliphatic heterocycles. The largest absolute Gasteiger partial charge is 0.325 e. The van der Waals surface area contributed by atoms with Gasteiger partial charge in [0.05, 0.1) is 18.7 Å². The average Bonchev–Trinajstić information content (AvgIpc) is 3.30. The summed E-state index contributed by atoms with van der Waals surface area (Å²) in [5.41, 5.74) is 1.99. The van der Waals surface area contributed by atoms with E-state index in [1.807, 2.05) is 12.1 Å². The summed E-state index contributed by atoms with van der Waals surface area (Å²) in [6, 6.07) is 11.0. The van der Waals surface area contributed by atoms with Crippen molar-refractivity contribution in [2.24, 2.45) is 0 Å². The second-order valence-corrected chi connectivity index (χ2v) is 7.79. The fourth-order valence-electron chi connectivity index (χ4n) is 2.98.